The van der Waals surface area contributed by atoms with E-state index in [0.29, 0.717) is 0 Å². The highest BCUT2D eigenvalue weighted by Crippen LogP contribution is 2.26. The molecule has 0 atom stereocenters. The summed E-state index contributed by atoms with van der Waals surface area (Å²) in [4.78, 5) is 10.2. The van der Waals surface area contributed by atoms with E-state index < -0.39 is 18.1 Å². The van der Waals surface area contributed by atoms with E-state index in [2.05, 4.69) is 4.74 Å². The minimum absolute atomic E-state index is 0.0437. The molecule has 3 nitrogen and oxygen atoms in total. The molecule has 0 saturated carbocycles. The summed E-state index contributed by atoms with van der Waals surface area (Å²) < 4.78 is 39.6. The lowest BCUT2D eigenvalue weighted by atomic mass is 10.2. The molecule has 0 saturated heterocycles. The molecule has 86 valence electrons. The van der Waals surface area contributed by atoms with Gasteiger partial charge in [0, 0.05) is 11.6 Å². The molecule has 0 aliphatic rings. The van der Waals surface area contributed by atoms with E-state index in [4.69, 9.17) is 5.11 Å². The third-order valence-electron chi connectivity index (χ3n) is 1.55. The monoisotopic (exact) mass is 232 g/mol. The molecule has 1 aromatic rings. The first-order chi connectivity index (χ1) is 7.38. The Morgan fingerprint density at radius 2 is 1.94 bits per heavy atom. The van der Waals surface area contributed by atoms with Crippen LogP contribution in [0.25, 0.3) is 6.08 Å². The highest BCUT2D eigenvalue weighted by atomic mass is 19.4. The second-order valence-electron chi connectivity index (χ2n) is 2.76. The largest absolute Gasteiger partial charge is 0.573 e. The van der Waals surface area contributed by atoms with Crippen molar-refractivity contribution in [2.24, 2.45) is 0 Å². The first-order valence-electron chi connectivity index (χ1n) is 4.14. The van der Waals surface area contributed by atoms with Gasteiger partial charge in [0.15, 0.2) is 0 Å². The fourth-order valence-electron chi connectivity index (χ4n) is 0.997. The van der Waals surface area contributed by atoms with Gasteiger partial charge < -0.3 is 9.84 Å². The van der Waals surface area contributed by atoms with E-state index in [1.807, 2.05) is 0 Å². The third kappa shape index (κ3) is 4.04. The topological polar surface area (TPSA) is 46.5 Å². The predicted molar refractivity (Wildman–Crippen MR) is 49.8 cm³/mol. The Labute approximate surface area is 88.8 Å². The molecule has 0 aliphatic carbocycles. The quantitative estimate of drug-likeness (QED) is 0.815. The van der Waals surface area contributed by atoms with Crippen LogP contribution >= 0.6 is 0 Å². The van der Waals surface area contributed by atoms with Crippen molar-refractivity contribution in [3.05, 3.63) is 35.9 Å². The van der Waals surface area contributed by atoms with Gasteiger partial charge in [-0.1, -0.05) is 18.2 Å². The van der Waals surface area contributed by atoms with E-state index >= 15 is 0 Å². The number of para-hydroxylation sites is 1. The average molecular weight is 232 g/mol. The van der Waals surface area contributed by atoms with Crippen molar-refractivity contribution >= 4 is 12.0 Å². The Kier molecular flexibility index (Phi) is 3.55. The molecule has 0 unspecified atom stereocenters. The second-order valence-corrected chi connectivity index (χ2v) is 2.76. The first-order valence-corrected chi connectivity index (χ1v) is 4.14. The lowest BCUT2D eigenvalue weighted by molar-refractivity contribution is -0.274. The van der Waals surface area contributed by atoms with Gasteiger partial charge in [-0.15, -0.1) is 13.2 Å². The summed E-state index contributed by atoms with van der Waals surface area (Å²) in [5.74, 6) is -1.69. The summed E-state index contributed by atoms with van der Waals surface area (Å²) in [5.41, 5.74) is 0.0437. The van der Waals surface area contributed by atoms with Crippen LogP contribution in [0.5, 0.6) is 5.75 Å². The number of carboxylic acids is 1. The Bertz CT molecular complexity index is 410. The minimum atomic E-state index is -4.80. The van der Waals surface area contributed by atoms with Crippen LogP contribution in [0.15, 0.2) is 30.3 Å². The van der Waals surface area contributed by atoms with E-state index in [1.165, 1.54) is 18.2 Å². The number of rotatable bonds is 3. The number of aliphatic carboxylic acids is 1. The van der Waals surface area contributed by atoms with Crippen molar-refractivity contribution in [3.8, 4) is 5.75 Å². The molecule has 1 aromatic carbocycles. The summed E-state index contributed by atoms with van der Waals surface area (Å²) in [7, 11) is 0. The van der Waals surface area contributed by atoms with Crippen LogP contribution in [-0.2, 0) is 4.79 Å². The Morgan fingerprint density at radius 3 is 2.50 bits per heavy atom. The summed E-state index contributed by atoms with van der Waals surface area (Å²) in [6.07, 6.45) is -3.03. The third-order valence-corrected chi connectivity index (χ3v) is 1.55. The van der Waals surface area contributed by atoms with E-state index in [-0.39, 0.29) is 5.56 Å². The lowest BCUT2D eigenvalue weighted by Gasteiger charge is -2.10. The van der Waals surface area contributed by atoms with Crippen LogP contribution in [0.4, 0.5) is 13.2 Å². The molecule has 0 aliphatic heterocycles. The maximum absolute atomic E-state index is 12.0. The van der Waals surface area contributed by atoms with E-state index in [0.717, 1.165) is 18.2 Å². The molecule has 0 radical (unpaired) electrons. The zero-order chi connectivity index (χ0) is 12.2. The SMILES string of the molecule is O=C(O)/C=C\c1ccccc1OC(F)(F)F. The molecule has 0 spiro atoms. The van der Waals surface area contributed by atoms with Crippen LogP contribution in [0.2, 0.25) is 0 Å². The van der Waals surface area contributed by atoms with Crippen LogP contribution < -0.4 is 4.74 Å². The molecule has 6 heteroatoms. The molecule has 1 rings (SSSR count). The fourth-order valence-corrected chi connectivity index (χ4v) is 0.997. The van der Waals surface area contributed by atoms with Crippen molar-refractivity contribution in [1.82, 2.24) is 0 Å². The molecule has 0 bridgehead atoms. The van der Waals surface area contributed by atoms with Crippen molar-refractivity contribution in [1.29, 1.82) is 0 Å². The molecule has 0 fully saturated rings. The zero-order valence-electron chi connectivity index (χ0n) is 7.86. The number of halogens is 3. The smallest absolute Gasteiger partial charge is 0.478 e. The zero-order valence-corrected chi connectivity index (χ0v) is 7.86. The van der Waals surface area contributed by atoms with Crippen molar-refractivity contribution in [2.45, 2.75) is 6.36 Å². The van der Waals surface area contributed by atoms with E-state index in [1.54, 1.807) is 0 Å². The number of carbonyl (C=O) groups is 1. The second kappa shape index (κ2) is 4.69. The van der Waals surface area contributed by atoms with Crippen molar-refractivity contribution in [3.63, 3.8) is 0 Å². The normalized spacial score (nSPS) is 11.7. The Hall–Kier alpha value is -1.98. The number of hydrogen-bond acceptors (Lipinski definition) is 2. The molecule has 16 heavy (non-hydrogen) atoms. The Balaban J connectivity index is 2.96. The first kappa shape index (κ1) is 12.1. The van der Waals surface area contributed by atoms with Crippen LogP contribution in [0.3, 0.4) is 0 Å². The van der Waals surface area contributed by atoms with Gasteiger partial charge in [-0.05, 0) is 12.1 Å². The maximum Gasteiger partial charge on any atom is 0.573 e. The Morgan fingerprint density at radius 1 is 1.31 bits per heavy atom. The van der Waals surface area contributed by atoms with Gasteiger partial charge in [0.1, 0.15) is 5.75 Å². The van der Waals surface area contributed by atoms with Gasteiger partial charge in [-0.25, -0.2) is 4.79 Å². The highest BCUT2D eigenvalue weighted by Gasteiger charge is 2.31. The molecular formula is C10H7F3O3. The van der Waals surface area contributed by atoms with Crippen LogP contribution in [0, 0.1) is 0 Å². The lowest BCUT2D eigenvalue weighted by Crippen LogP contribution is -2.17. The molecule has 0 heterocycles. The number of hydrogen-bond donors (Lipinski definition) is 1. The molecule has 0 aromatic heterocycles. The van der Waals surface area contributed by atoms with Crippen LogP contribution in [0.1, 0.15) is 5.56 Å². The number of alkyl halides is 3. The number of ether oxygens (including phenoxy) is 1. The fraction of sp³-hybridized carbons (Fsp3) is 0.100. The van der Waals surface area contributed by atoms with Crippen molar-refractivity contribution < 1.29 is 27.8 Å². The standard InChI is InChI=1S/C10H7F3O3/c11-10(12,13)16-8-4-2-1-3-7(8)5-6-9(14)15/h1-6H,(H,14,15)/b6-5-. The molecule has 0 amide bonds. The summed E-state index contributed by atoms with van der Waals surface area (Å²) >= 11 is 0. The minimum Gasteiger partial charge on any atom is -0.478 e. The van der Waals surface area contributed by atoms with Gasteiger partial charge in [0.05, 0.1) is 0 Å². The summed E-state index contributed by atoms with van der Waals surface area (Å²) in [6.45, 7) is 0. The maximum atomic E-state index is 12.0. The summed E-state index contributed by atoms with van der Waals surface area (Å²) in [6, 6.07) is 5.26. The van der Waals surface area contributed by atoms with Gasteiger partial charge in [-0.3, -0.25) is 0 Å². The van der Waals surface area contributed by atoms with Crippen LogP contribution in [-0.4, -0.2) is 17.4 Å². The van der Waals surface area contributed by atoms with Crippen molar-refractivity contribution in [2.75, 3.05) is 0 Å². The molecular weight excluding hydrogens is 225 g/mol. The molecule has 1 N–H and O–H groups in total. The summed E-state index contributed by atoms with van der Waals surface area (Å²) in [5, 5.41) is 8.35. The van der Waals surface area contributed by atoms with Gasteiger partial charge in [-0.2, -0.15) is 0 Å². The average Bonchev–Trinajstić information content (AvgIpc) is 2.14. The van der Waals surface area contributed by atoms with Gasteiger partial charge >= 0.3 is 12.3 Å². The number of benzene rings is 1. The highest BCUT2D eigenvalue weighted by molar-refractivity contribution is 5.85. The predicted octanol–water partition coefficient (Wildman–Crippen LogP) is 2.68. The van der Waals surface area contributed by atoms with Gasteiger partial charge in [0.25, 0.3) is 0 Å². The number of carboxylic acid groups (broad SMARTS) is 1. The van der Waals surface area contributed by atoms with E-state index in [9.17, 15) is 18.0 Å². The van der Waals surface area contributed by atoms with Gasteiger partial charge in [0.2, 0.25) is 0 Å².